The predicted octanol–water partition coefficient (Wildman–Crippen LogP) is 3.03. The normalized spacial score (nSPS) is 24.3. The summed E-state index contributed by atoms with van der Waals surface area (Å²) in [5, 5.41) is 0. The fourth-order valence-electron chi connectivity index (χ4n) is 3.40. The number of benzene rings is 1. The number of hydrogen-bond acceptors (Lipinski definition) is 5. The molecule has 0 N–H and O–H groups in total. The Morgan fingerprint density at radius 3 is 2.64 bits per heavy atom. The van der Waals surface area contributed by atoms with Gasteiger partial charge in [0.15, 0.2) is 0 Å². The maximum Gasteiger partial charge on any atom is 0.307 e. The number of sulfonamides is 1. The number of nitrogens with zero attached hydrogens (tertiary/aromatic N) is 2. The van der Waals surface area contributed by atoms with Crippen LogP contribution in [0, 0.1) is 5.92 Å². The first kappa shape index (κ1) is 17.7. The Morgan fingerprint density at radius 2 is 1.96 bits per heavy atom. The van der Waals surface area contributed by atoms with Gasteiger partial charge in [0.2, 0.25) is 0 Å². The number of rotatable bonds is 3. The Labute approximate surface area is 148 Å². The third-order valence-electron chi connectivity index (χ3n) is 5.01. The molecule has 1 aromatic carbocycles. The van der Waals surface area contributed by atoms with Crippen molar-refractivity contribution in [2.45, 2.75) is 45.1 Å². The summed E-state index contributed by atoms with van der Waals surface area (Å²) in [6.45, 7) is 7.78. The van der Waals surface area contributed by atoms with Gasteiger partial charge in [-0.15, -0.1) is 0 Å². The molecule has 2 atom stereocenters. The number of hydrogen-bond donors (Lipinski definition) is 0. The van der Waals surface area contributed by atoms with Crippen LogP contribution in [-0.2, 0) is 19.6 Å². The van der Waals surface area contributed by atoms with Gasteiger partial charge < -0.3 is 4.74 Å². The minimum Gasteiger partial charge on any atom is -0.466 e. The lowest BCUT2D eigenvalue weighted by molar-refractivity contribution is -0.144. The second-order valence-electron chi connectivity index (χ2n) is 6.38. The number of carbonyl (C=O) groups excluding carboxylic acids is 1. The molecule has 2 aliphatic heterocycles. The van der Waals surface area contributed by atoms with Gasteiger partial charge in [0, 0.05) is 0 Å². The number of ether oxygens (including phenoxy) is 1. The fourth-order valence-corrected chi connectivity index (χ4v) is 5.25. The molecule has 3 rings (SSSR count). The SMILES string of the molecule is CCOC(=O)C[C@@H]1[C@@H](C)C(C)=C(C)C2=Nc3ccccc3S(=O)(=O)N21. The zero-order chi connectivity index (χ0) is 18.4. The summed E-state index contributed by atoms with van der Waals surface area (Å²) in [7, 11) is -3.78. The summed E-state index contributed by atoms with van der Waals surface area (Å²) in [5.74, 6) is -0.105. The zero-order valence-electron chi connectivity index (χ0n) is 14.8. The van der Waals surface area contributed by atoms with Gasteiger partial charge in [-0.25, -0.2) is 17.7 Å². The first-order valence-electron chi connectivity index (χ1n) is 8.34. The van der Waals surface area contributed by atoms with E-state index in [4.69, 9.17) is 4.74 Å². The Bertz CT molecular complexity index is 886. The van der Waals surface area contributed by atoms with Gasteiger partial charge in [0.1, 0.15) is 10.7 Å². The van der Waals surface area contributed by atoms with Gasteiger partial charge >= 0.3 is 5.97 Å². The lowest BCUT2D eigenvalue weighted by Crippen LogP contribution is -2.53. The van der Waals surface area contributed by atoms with Crippen LogP contribution >= 0.6 is 0 Å². The molecule has 0 fully saturated rings. The Kier molecular flexibility index (Phi) is 4.45. The summed E-state index contributed by atoms with van der Waals surface area (Å²) >= 11 is 0. The van der Waals surface area contributed by atoms with Crippen molar-refractivity contribution in [3.8, 4) is 0 Å². The molecule has 0 spiro atoms. The van der Waals surface area contributed by atoms with E-state index in [9.17, 15) is 13.2 Å². The summed E-state index contributed by atoms with van der Waals surface area (Å²) < 4.78 is 32.9. The smallest absolute Gasteiger partial charge is 0.307 e. The summed E-state index contributed by atoms with van der Waals surface area (Å²) in [6.07, 6.45) is 0.0000432. The predicted molar refractivity (Wildman–Crippen MR) is 95.1 cm³/mol. The van der Waals surface area contributed by atoms with E-state index in [1.165, 1.54) is 4.31 Å². The van der Waals surface area contributed by atoms with E-state index >= 15 is 0 Å². The van der Waals surface area contributed by atoms with E-state index in [0.717, 1.165) is 11.1 Å². The Hall–Kier alpha value is -2.15. The standard InChI is InChI=1S/C18H22N2O4S/c1-5-24-17(21)10-15-12(3)11(2)13(4)18-19-14-8-6-7-9-16(14)25(22,23)20(15)18/h6-9,12,15H,5,10H2,1-4H3/t12-,15+/m0/s1. The van der Waals surface area contributed by atoms with E-state index in [-0.39, 0.29) is 23.8 Å². The van der Waals surface area contributed by atoms with E-state index < -0.39 is 22.0 Å². The van der Waals surface area contributed by atoms with Crippen molar-refractivity contribution in [1.29, 1.82) is 0 Å². The molecule has 2 heterocycles. The first-order chi connectivity index (χ1) is 11.8. The van der Waals surface area contributed by atoms with Crippen LogP contribution in [0.15, 0.2) is 45.3 Å². The third kappa shape index (κ3) is 2.76. The molecule has 1 aromatic rings. The molecule has 2 aliphatic rings. The van der Waals surface area contributed by atoms with Crippen molar-refractivity contribution in [3.63, 3.8) is 0 Å². The number of aliphatic imine (C=N–C) groups is 1. The van der Waals surface area contributed by atoms with E-state index in [0.29, 0.717) is 11.5 Å². The Balaban J connectivity index is 2.18. The highest BCUT2D eigenvalue weighted by Gasteiger charge is 2.45. The average Bonchev–Trinajstić information content (AvgIpc) is 2.57. The van der Waals surface area contributed by atoms with Crippen LogP contribution < -0.4 is 0 Å². The quantitative estimate of drug-likeness (QED) is 0.775. The van der Waals surface area contributed by atoms with Gasteiger partial charge in [0.05, 0.1) is 24.8 Å². The van der Waals surface area contributed by atoms with E-state index in [1.807, 2.05) is 20.8 Å². The lowest BCUT2D eigenvalue weighted by atomic mass is 9.85. The molecule has 0 aromatic heterocycles. The molecular formula is C18H22N2O4S. The topological polar surface area (TPSA) is 76.0 Å². The molecule has 0 amide bonds. The second-order valence-corrected chi connectivity index (χ2v) is 8.16. The second kappa shape index (κ2) is 6.29. The largest absolute Gasteiger partial charge is 0.466 e. The highest BCUT2D eigenvalue weighted by Crippen LogP contribution is 2.41. The molecule has 7 heteroatoms. The fraction of sp³-hybridized carbons (Fsp3) is 0.444. The van der Waals surface area contributed by atoms with Crippen molar-refractivity contribution >= 4 is 27.5 Å². The average molecular weight is 362 g/mol. The maximum absolute atomic E-state index is 13.3. The molecule has 0 unspecified atom stereocenters. The van der Waals surface area contributed by atoms with Crippen LogP contribution in [0.5, 0.6) is 0 Å². The van der Waals surface area contributed by atoms with Gasteiger partial charge in [-0.2, -0.15) is 0 Å². The molecule has 6 nitrogen and oxygen atoms in total. The van der Waals surface area contributed by atoms with Crippen LogP contribution in [0.2, 0.25) is 0 Å². The minimum absolute atomic E-state index is 0.0000432. The summed E-state index contributed by atoms with van der Waals surface area (Å²) in [5.41, 5.74) is 2.31. The third-order valence-corrected chi connectivity index (χ3v) is 6.87. The first-order valence-corrected chi connectivity index (χ1v) is 9.78. The molecule has 0 bridgehead atoms. The number of amidine groups is 1. The molecular weight excluding hydrogens is 340 g/mol. The van der Waals surface area contributed by atoms with Gasteiger partial charge in [0.25, 0.3) is 10.0 Å². The minimum atomic E-state index is -3.78. The van der Waals surface area contributed by atoms with Gasteiger partial charge in [-0.1, -0.05) is 24.6 Å². The van der Waals surface area contributed by atoms with E-state index in [2.05, 4.69) is 4.99 Å². The van der Waals surface area contributed by atoms with Crippen LogP contribution in [0.1, 0.15) is 34.1 Å². The number of carbonyl (C=O) groups is 1. The van der Waals surface area contributed by atoms with Gasteiger partial charge in [-0.3, -0.25) is 4.79 Å². The van der Waals surface area contributed by atoms with Crippen LogP contribution in [-0.4, -0.2) is 37.2 Å². The van der Waals surface area contributed by atoms with Gasteiger partial charge in [-0.05, 0) is 44.4 Å². The number of para-hydroxylation sites is 1. The van der Waals surface area contributed by atoms with Crippen LogP contribution in [0.25, 0.3) is 0 Å². The molecule has 134 valence electrons. The molecule has 0 aliphatic carbocycles. The molecule has 25 heavy (non-hydrogen) atoms. The lowest BCUT2D eigenvalue weighted by Gasteiger charge is -2.43. The molecule has 0 saturated carbocycles. The summed E-state index contributed by atoms with van der Waals surface area (Å²) in [4.78, 5) is 16.8. The number of esters is 1. The summed E-state index contributed by atoms with van der Waals surface area (Å²) in [6, 6.07) is 6.15. The monoisotopic (exact) mass is 362 g/mol. The van der Waals surface area contributed by atoms with Crippen LogP contribution in [0.3, 0.4) is 0 Å². The maximum atomic E-state index is 13.3. The number of fused-ring (bicyclic) bond motifs is 2. The molecule has 0 radical (unpaired) electrons. The van der Waals surface area contributed by atoms with Crippen molar-refractivity contribution in [3.05, 3.63) is 35.4 Å². The van der Waals surface area contributed by atoms with Crippen molar-refractivity contribution in [2.75, 3.05) is 6.61 Å². The highest BCUT2D eigenvalue weighted by atomic mass is 32.2. The van der Waals surface area contributed by atoms with Crippen LogP contribution in [0.4, 0.5) is 5.69 Å². The molecule has 0 saturated heterocycles. The van der Waals surface area contributed by atoms with Crippen molar-refractivity contribution in [2.24, 2.45) is 10.9 Å². The highest BCUT2D eigenvalue weighted by molar-refractivity contribution is 7.90. The van der Waals surface area contributed by atoms with E-state index in [1.54, 1.807) is 31.2 Å². The zero-order valence-corrected chi connectivity index (χ0v) is 15.6. The van der Waals surface area contributed by atoms with Crippen molar-refractivity contribution < 1.29 is 17.9 Å². The Morgan fingerprint density at radius 1 is 1.28 bits per heavy atom. The van der Waals surface area contributed by atoms with Crippen molar-refractivity contribution in [1.82, 2.24) is 4.31 Å².